The van der Waals surface area contributed by atoms with Crippen LogP contribution in [0.1, 0.15) is 33.9 Å². The molecule has 164 valence electrons. The van der Waals surface area contributed by atoms with E-state index in [4.69, 9.17) is 4.74 Å². The van der Waals surface area contributed by atoms with Gasteiger partial charge in [0, 0.05) is 12.1 Å². The lowest BCUT2D eigenvalue weighted by atomic mass is 10.0. The second kappa shape index (κ2) is 12.2. The predicted molar refractivity (Wildman–Crippen MR) is 122 cm³/mol. The second-order valence-corrected chi connectivity index (χ2v) is 7.62. The molecule has 3 aromatic carbocycles. The van der Waals surface area contributed by atoms with Gasteiger partial charge in [-0.25, -0.2) is 0 Å². The zero-order valence-corrected chi connectivity index (χ0v) is 17.7. The van der Waals surface area contributed by atoms with Crippen LogP contribution >= 0.6 is 0 Å². The van der Waals surface area contributed by atoms with Gasteiger partial charge in [0.25, 0.3) is 0 Å². The number of hydrogen-bond donors (Lipinski definition) is 4. The van der Waals surface area contributed by atoms with Gasteiger partial charge in [-0.05, 0) is 53.8 Å². The lowest BCUT2D eigenvalue weighted by molar-refractivity contribution is 0.124. The Morgan fingerprint density at radius 3 is 2.42 bits per heavy atom. The molecule has 0 bridgehead atoms. The monoisotopic (exact) mass is 421 g/mol. The Labute approximate surface area is 184 Å². The minimum Gasteiger partial charge on any atom is -0.508 e. The van der Waals surface area contributed by atoms with Gasteiger partial charge >= 0.3 is 0 Å². The van der Waals surface area contributed by atoms with Gasteiger partial charge in [-0.1, -0.05) is 60.7 Å². The number of nitrogens with one attached hydrogen (secondary N) is 1. The van der Waals surface area contributed by atoms with Crippen molar-refractivity contribution in [3.05, 3.63) is 101 Å². The molecule has 0 amide bonds. The first-order valence-electron chi connectivity index (χ1n) is 10.7. The third-order valence-corrected chi connectivity index (χ3v) is 5.22. The first-order chi connectivity index (χ1) is 15.2. The van der Waals surface area contributed by atoms with Crippen molar-refractivity contribution in [2.75, 3.05) is 19.7 Å². The zero-order chi connectivity index (χ0) is 21.9. The lowest BCUT2D eigenvalue weighted by Crippen LogP contribution is -2.23. The molecular weight excluding hydrogens is 390 g/mol. The first-order valence-corrected chi connectivity index (χ1v) is 10.7. The van der Waals surface area contributed by atoms with Crippen LogP contribution in [0.15, 0.2) is 72.8 Å². The Kier molecular flexibility index (Phi) is 9.06. The van der Waals surface area contributed by atoms with E-state index in [2.05, 4.69) is 35.6 Å². The molecule has 0 aliphatic rings. The van der Waals surface area contributed by atoms with E-state index in [9.17, 15) is 15.3 Å². The third-order valence-electron chi connectivity index (χ3n) is 5.22. The smallest absolute Gasteiger partial charge is 0.121 e. The molecule has 0 aliphatic carbocycles. The fourth-order valence-corrected chi connectivity index (χ4v) is 3.43. The number of phenols is 1. The summed E-state index contributed by atoms with van der Waals surface area (Å²) in [6, 6.07) is 23.5. The number of benzene rings is 3. The average molecular weight is 422 g/mol. The van der Waals surface area contributed by atoms with Crippen molar-refractivity contribution in [3.63, 3.8) is 0 Å². The summed E-state index contributed by atoms with van der Waals surface area (Å²) in [5.41, 5.74) is 4.75. The van der Waals surface area contributed by atoms with Crippen LogP contribution in [0.25, 0.3) is 0 Å². The SMILES string of the molecule is OCc1cc([C@@H](O)CNCCc2cccc(COCCc3ccccc3)c2)ccc1O. The van der Waals surface area contributed by atoms with Crippen molar-refractivity contribution in [3.8, 4) is 5.75 Å². The number of rotatable bonds is 12. The third kappa shape index (κ3) is 7.49. The molecule has 0 saturated heterocycles. The van der Waals surface area contributed by atoms with Crippen molar-refractivity contribution in [2.24, 2.45) is 0 Å². The van der Waals surface area contributed by atoms with E-state index >= 15 is 0 Å². The number of aliphatic hydroxyl groups excluding tert-OH is 2. The van der Waals surface area contributed by atoms with Crippen LogP contribution in [0.3, 0.4) is 0 Å². The van der Waals surface area contributed by atoms with E-state index in [0.717, 1.165) is 24.9 Å². The molecule has 0 aliphatic heterocycles. The largest absolute Gasteiger partial charge is 0.508 e. The molecule has 0 saturated carbocycles. The molecular formula is C26H31NO4. The van der Waals surface area contributed by atoms with Crippen molar-refractivity contribution in [1.82, 2.24) is 5.32 Å². The molecule has 4 N–H and O–H groups in total. The predicted octanol–water partition coefficient (Wildman–Crippen LogP) is 3.51. The fraction of sp³-hybridized carbons (Fsp3) is 0.308. The molecule has 0 spiro atoms. The Balaban J connectivity index is 1.37. The van der Waals surface area contributed by atoms with Gasteiger partial charge in [0.2, 0.25) is 0 Å². The van der Waals surface area contributed by atoms with Gasteiger partial charge in [0.1, 0.15) is 5.75 Å². The number of hydrogen-bond acceptors (Lipinski definition) is 5. The van der Waals surface area contributed by atoms with E-state index in [1.165, 1.54) is 17.2 Å². The molecule has 3 rings (SSSR count). The molecule has 0 radical (unpaired) electrons. The Morgan fingerprint density at radius 1 is 0.839 bits per heavy atom. The quantitative estimate of drug-likeness (QED) is 0.337. The summed E-state index contributed by atoms with van der Waals surface area (Å²) in [6.07, 6.45) is 1.06. The lowest BCUT2D eigenvalue weighted by Gasteiger charge is -2.14. The molecule has 31 heavy (non-hydrogen) atoms. The summed E-state index contributed by atoms with van der Waals surface area (Å²) >= 11 is 0. The van der Waals surface area contributed by atoms with Gasteiger partial charge in [-0.3, -0.25) is 0 Å². The van der Waals surface area contributed by atoms with Gasteiger partial charge in [-0.15, -0.1) is 0 Å². The number of aromatic hydroxyl groups is 1. The number of aliphatic hydroxyl groups is 2. The molecule has 5 heteroatoms. The van der Waals surface area contributed by atoms with Gasteiger partial charge in [0.05, 0.1) is 25.9 Å². The normalized spacial score (nSPS) is 12.1. The molecule has 3 aromatic rings. The Bertz CT molecular complexity index is 930. The summed E-state index contributed by atoms with van der Waals surface area (Å²) < 4.78 is 5.83. The van der Waals surface area contributed by atoms with Gasteiger partial charge in [-0.2, -0.15) is 0 Å². The molecule has 0 unspecified atom stereocenters. The van der Waals surface area contributed by atoms with Crippen molar-refractivity contribution < 1.29 is 20.1 Å². The second-order valence-electron chi connectivity index (χ2n) is 7.62. The Hall–Kier alpha value is -2.70. The van der Waals surface area contributed by atoms with E-state index in [1.54, 1.807) is 12.1 Å². The van der Waals surface area contributed by atoms with Gasteiger partial charge < -0.3 is 25.4 Å². The summed E-state index contributed by atoms with van der Waals surface area (Å²) in [5, 5.41) is 32.5. The molecule has 1 atom stereocenters. The van der Waals surface area contributed by atoms with Crippen molar-refractivity contribution >= 4 is 0 Å². The fourth-order valence-electron chi connectivity index (χ4n) is 3.43. The highest BCUT2D eigenvalue weighted by molar-refractivity contribution is 5.36. The maximum atomic E-state index is 10.3. The van der Waals surface area contributed by atoms with E-state index in [0.29, 0.717) is 30.9 Å². The van der Waals surface area contributed by atoms with Crippen LogP contribution in [0.2, 0.25) is 0 Å². The van der Waals surface area contributed by atoms with Crippen LogP contribution < -0.4 is 5.32 Å². The van der Waals surface area contributed by atoms with E-state index in [1.807, 2.05) is 24.3 Å². The van der Waals surface area contributed by atoms with Crippen LogP contribution in [0, 0.1) is 0 Å². The van der Waals surface area contributed by atoms with E-state index < -0.39 is 6.10 Å². The maximum absolute atomic E-state index is 10.3. The van der Waals surface area contributed by atoms with Crippen LogP contribution in [-0.2, 0) is 30.8 Å². The molecule has 0 heterocycles. The Morgan fingerprint density at radius 2 is 1.61 bits per heavy atom. The molecule has 0 aromatic heterocycles. The maximum Gasteiger partial charge on any atom is 0.121 e. The zero-order valence-electron chi connectivity index (χ0n) is 17.7. The topological polar surface area (TPSA) is 82.0 Å². The average Bonchev–Trinajstić information content (AvgIpc) is 2.81. The summed E-state index contributed by atoms with van der Waals surface area (Å²) in [4.78, 5) is 0. The van der Waals surface area contributed by atoms with Crippen LogP contribution in [0.4, 0.5) is 0 Å². The molecule has 0 fully saturated rings. The van der Waals surface area contributed by atoms with Gasteiger partial charge in [0.15, 0.2) is 0 Å². The summed E-state index contributed by atoms with van der Waals surface area (Å²) in [5.74, 6) is 0.0373. The van der Waals surface area contributed by atoms with E-state index in [-0.39, 0.29) is 12.4 Å². The first kappa shape index (κ1) is 23.0. The summed E-state index contributed by atoms with van der Waals surface area (Å²) in [7, 11) is 0. The van der Waals surface area contributed by atoms with Crippen molar-refractivity contribution in [1.29, 1.82) is 0 Å². The highest BCUT2D eigenvalue weighted by Gasteiger charge is 2.10. The number of ether oxygens (including phenoxy) is 1. The van der Waals surface area contributed by atoms with Crippen LogP contribution in [0.5, 0.6) is 5.75 Å². The highest BCUT2D eigenvalue weighted by Crippen LogP contribution is 2.22. The minimum atomic E-state index is -0.699. The highest BCUT2D eigenvalue weighted by atomic mass is 16.5. The standard InChI is InChI=1S/C26H31NO4/c28-18-24-16-23(9-10-25(24)29)26(30)17-27-13-11-21-7-4-8-22(15-21)19-31-14-12-20-5-2-1-3-6-20/h1-10,15-16,26-30H,11-14,17-19H2/t26-/m0/s1. The van der Waals surface area contributed by atoms with Crippen LogP contribution in [-0.4, -0.2) is 35.0 Å². The molecule has 5 nitrogen and oxygen atoms in total. The van der Waals surface area contributed by atoms with Crippen molar-refractivity contribution in [2.45, 2.75) is 32.2 Å². The summed E-state index contributed by atoms with van der Waals surface area (Å²) in [6.45, 7) is 2.17. The minimum absolute atomic E-state index is 0.0373.